The summed E-state index contributed by atoms with van der Waals surface area (Å²) in [6.07, 6.45) is 2.06. The van der Waals surface area contributed by atoms with Gasteiger partial charge in [0.05, 0.1) is 16.8 Å². The van der Waals surface area contributed by atoms with E-state index in [0.29, 0.717) is 11.8 Å². The maximum absolute atomic E-state index is 5.60. The Kier molecular flexibility index (Phi) is 9.32. The Hall–Kier alpha value is -7.35. The van der Waals surface area contributed by atoms with E-state index >= 15 is 0 Å². The molecule has 2 unspecified atom stereocenters. The molecule has 0 fully saturated rings. The quantitative estimate of drug-likeness (QED) is 0.163. The molecule has 1 heterocycles. The molecule has 312 valence electrons. The lowest BCUT2D eigenvalue weighted by Crippen LogP contribution is -2.40. The SMILES string of the molecule is CC1=C(c2ccccc2)CC(c2ccc3c(c2)-c2c(-c4cc(-c5ccccc5)cc(-c5ccccc5)n4)cccc2C32c3ccccc3C(C)(C)c3ccccc32)CC1c1ccccc1. The minimum absolute atomic E-state index is 0.179. The third-order valence-electron chi connectivity index (χ3n) is 15.2. The first-order valence-corrected chi connectivity index (χ1v) is 23.3. The fraction of sp³-hybridized carbons (Fsp3) is 0.141. The van der Waals surface area contributed by atoms with Gasteiger partial charge in [0.25, 0.3) is 0 Å². The summed E-state index contributed by atoms with van der Waals surface area (Å²) in [7, 11) is 0. The van der Waals surface area contributed by atoms with Crippen LogP contribution in [0.25, 0.3) is 50.3 Å². The number of nitrogens with zero attached hydrogens (tertiary/aromatic N) is 1. The van der Waals surface area contributed by atoms with Gasteiger partial charge in [0, 0.05) is 22.5 Å². The van der Waals surface area contributed by atoms with Gasteiger partial charge in [-0.1, -0.05) is 226 Å². The smallest absolute Gasteiger partial charge is 0.0722 e. The van der Waals surface area contributed by atoms with E-state index in [0.717, 1.165) is 35.4 Å². The number of allylic oxidation sites excluding steroid dienone is 2. The standard InChI is InChI=1S/C64H51N/c1-42-51(44-23-10-5-11-24-44)38-48(39-52(42)45-25-12-6-13-26-45)47-35-36-54-53(37-47)62-50(61-41-49(43-21-8-4-9-22-43)40-60(65-61)46-27-14-7-15-28-46)29-20-34-59(62)64(54)57-32-18-16-30-55(57)63(2,3)56-31-17-19-33-58(56)64/h4-37,40-41,48,51H,38-39H2,1-3H3. The molecule has 0 saturated heterocycles. The maximum atomic E-state index is 5.60. The topological polar surface area (TPSA) is 12.9 Å². The van der Waals surface area contributed by atoms with E-state index in [1.54, 1.807) is 0 Å². The van der Waals surface area contributed by atoms with Crippen molar-refractivity contribution >= 4 is 5.57 Å². The lowest BCUT2D eigenvalue weighted by atomic mass is 9.55. The molecule has 0 amide bonds. The molecular formula is C64H51N. The van der Waals surface area contributed by atoms with Gasteiger partial charge in [0.15, 0.2) is 0 Å². The molecule has 65 heavy (non-hydrogen) atoms. The van der Waals surface area contributed by atoms with Crippen LogP contribution in [0.5, 0.6) is 0 Å². The Morgan fingerprint density at radius 2 is 0.954 bits per heavy atom. The minimum Gasteiger partial charge on any atom is -0.248 e. The first kappa shape index (κ1) is 39.3. The van der Waals surface area contributed by atoms with E-state index in [9.17, 15) is 0 Å². The summed E-state index contributed by atoms with van der Waals surface area (Å²) in [5, 5.41) is 0. The van der Waals surface area contributed by atoms with E-state index in [1.165, 1.54) is 83.5 Å². The molecule has 2 atom stereocenters. The molecule has 9 aromatic rings. The Bertz CT molecular complexity index is 3180. The third kappa shape index (κ3) is 6.17. The maximum Gasteiger partial charge on any atom is 0.0722 e. The van der Waals surface area contributed by atoms with Gasteiger partial charge in [-0.2, -0.15) is 0 Å². The second-order valence-corrected chi connectivity index (χ2v) is 19.0. The molecule has 0 aliphatic heterocycles. The van der Waals surface area contributed by atoms with Gasteiger partial charge in [0.2, 0.25) is 0 Å². The van der Waals surface area contributed by atoms with E-state index in [-0.39, 0.29) is 5.41 Å². The normalized spacial score (nSPS) is 17.5. The molecule has 8 aromatic carbocycles. The summed E-state index contributed by atoms with van der Waals surface area (Å²) in [6.45, 7) is 7.19. The highest BCUT2D eigenvalue weighted by Crippen LogP contribution is 2.64. The molecule has 0 bridgehead atoms. The van der Waals surface area contributed by atoms with Crippen LogP contribution < -0.4 is 0 Å². The average Bonchev–Trinajstić information content (AvgIpc) is 3.67. The van der Waals surface area contributed by atoms with Gasteiger partial charge in [-0.25, -0.2) is 4.98 Å². The van der Waals surface area contributed by atoms with Crippen molar-refractivity contribution < 1.29 is 0 Å². The fourth-order valence-corrected chi connectivity index (χ4v) is 12.1. The number of aromatic nitrogens is 1. The van der Waals surface area contributed by atoms with Crippen molar-refractivity contribution in [2.24, 2.45) is 0 Å². The van der Waals surface area contributed by atoms with Crippen LogP contribution in [0.2, 0.25) is 0 Å². The van der Waals surface area contributed by atoms with Gasteiger partial charge >= 0.3 is 0 Å². The molecule has 0 saturated carbocycles. The average molecular weight is 834 g/mol. The molecule has 0 N–H and O–H groups in total. The largest absolute Gasteiger partial charge is 0.248 e. The molecule has 3 aliphatic carbocycles. The van der Waals surface area contributed by atoms with Crippen molar-refractivity contribution in [2.75, 3.05) is 0 Å². The van der Waals surface area contributed by atoms with Crippen molar-refractivity contribution in [3.05, 3.63) is 274 Å². The molecule has 0 radical (unpaired) electrons. The van der Waals surface area contributed by atoms with Crippen LogP contribution in [-0.2, 0) is 10.8 Å². The summed E-state index contributed by atoms with van der Waals surface area (Å²) in [5.41, 5.74) is 23.8. The van der Waals surface area contributed by atoms with Crippen molar-refractivity contribution in [3.63, 3.8) is 0 Å². The van der Waals surface area contributed by atoms with Gasteiger partial charge in [0.1, 0.15) is 0 Å². The summed E-state index contributed by atoms with van der Waals surface area (Å²) in [6, 6.07) is 81.6. The molecule has 3 aliphatic rings. The Morgan fingerprint density at radius 3 is 1.60 bits per heavy atom. The van der Waals surface area contributed by atoms with E-state index in [2.05, 4.69) is 239 Å². The minimum atomic E-state index is -0.522. The number of hydrogen-bond acceptors (Lipinski definition) is 1. The van der Waals surface area contributed by atoms with Crippen LogP contribution in [0.15, 0.2) is 224 Å². The van der Waals surface area contributed by atoms with Crippen LogP contribution in [-0.4, -0.2) is 4.98 Å². The highest BCUT2D eigenvalue weighted by molar-refractivity contribution is 5.97. The van der Waals surface area contributed by atoms with E-state index < -0.39 is 5.41 Å². The fourth-order valence-electron chi connectivity index (χ4n) is 12.1. The van der Waals surface area contributed by atoms with Gasteiger partial charge in [-0.15, -0.1) is 0 Å². The molecule has 1 aromatic heterocycles. The first-order valence-electron chi connectivity index (χ1n) is 23.3. The first-order chi connectivity index (χ1) is 31.9. The summed E-state index contributed by atoms with van der Waals surface area (Å²) < 4.78 is 0. The number of hydrogen-bond donors (Lipinski definition) is 0. The third-order valence-corrected chi connectivity index (χ3v) is 15.2. The highest BCUT2D eigenvalue weighted by atomic mass is 14.7. The van der Waals surface area contributed by atoms with Crippen LogP contribution in [0.3, 0.4) is 0 Å². The molecular weight excluding hydrogens is 783 g/mol. The van der Waals surface area contributed by atoms with E-state index in [1.807, 2.05) is 0 Å². The number of benzene rings is 8. The number of fused-ring (bicyclic) bond motifs is 9. The van der Waals surface area contributed by atoms with Gasteiger partial charge in [-0.05, 0) is 116 Å². The molecule has 1 nitrogen and oxygen atoms in total. The van der Waals surface area contributed by atoms with Crippen molar-refractivity contribution in [1.29, 1.82) is 0 Å². The van der Waals surface area contributed by atoms with Gasteiger partial charge < -0.3 is 0 Å². The van der Waals surface area contributed by atoms with Crippen LogP contribution in [0.1, 0.15) is 95.5 Å². The second kappa shape index (κ2) is 15.4. The lowest BCUT2D eigenvalue weighted by molar-refractivity contribution is 0.553. The molecule has 1 spiro atoms. The zero-order valence-electron chi connectivity index (χ0n) is 37.3. The monoisotopic (exact) mass is 833 g/mol. The Balaban J connectivity index is 1.13. The number of pyridine rings is 1. The highest BCUT2D eigenvalue weighted by Gasteiger charge is 2.54. The predicted octanol–water partition coefficient (Wildman–Crippen LogP) is 16.2. The van der Waals surface area contributed by atoms with E-state index in [4.69, 9.17) is 4.98 Å². The predicted molar refractivity (Wildman–Crippen MR) is 270 cm³/mol. The summed E-state index contributed by atoms with van der Waals surface area (Å²) in [4.78, 5) is 5.60. The lowest BCUT2D eigenvalue weighted by Gasteiger charge is -2.46. The Morgan fingerprint density at radius 1 is 0.415 bits per heavy atom. The van der Waals surface area contributed by atoms with Crippen LogP contribution in [0, 0.1) is 0 Å². The van der Waals surface area contributed by atoms with Gasteiger partial charge in [-0.3, -0.25) is 0 Å². The Labute approximate surface area is 383 Å². The van der Waals surface area contributed by atoms with Crippen molar-refractivity contribution in [2.45, 2.75) is 56.3 Å². The van der Waals surface area contributed by atoms with Crippen LogP contribution in [0.4, 0.5) is 0 Å². The second-order valence-electron chi connectivity index (χ2n) is 19.0. The molecule has 12 rings (SSSR count). The van der Waals surface area contributed by atoms with Crippen molar-refractivity contribution in [3.8, 4) is 44.8 Å². The summed E-state index contributed by atoms with van der Waals surface area (Å²) >= 11 is 0. The summed E-state index contributed by atoms with van der Waals surface area (Å²) in [5.74, 6) is 0.652. The zero-order valence-corrected chi connectivity index (χ0v) is 37.3. The molecule has 1 heteroatoms. The van der Waals surface area contributed by atoms with Crippen molar-refractivity contribution in [1.82, 2.24) is 4.98 Å². The van der Waals surface area contributed by atoms with Crippen LogP contribution >= 0.6 is 0 Å². The zero-order chi connectivity index (χ0) is 43.7. The number of rotatable bonds is 6.